The van der Waals surface area contributed by atoms with E-state index in [-0.39, 0.29) is 5.78 Å². The number of rotatable bonds is 2. The van der Waals surface area contributed by atoms with Crippen molar-refractivity contribution in [1.82, 2.24) is 0 Å². The molecule has 0 atom stereocenters. The lowest BCUT2D eigenvalue weighted by Gasteiger charge is -2.06. The molecule has 0 spiro atoms. The number of benzene rings is 2. The molecule has 0 aliphatic rings. The molecule has 2 aromatic carbocycles. The molecule has 0 aliphatic heterocycles. The molecule has 2 aromatic rings. The van der Waals surface area contributed by atoms with Crippen LogP contribution in [0.5, 0.6) is 0 Å². The zero-order chi connectivity index (χ0) is 13.3. The summed E-state index contributed by atoms with van der Waals surface area (Å²) < 4.78 is 0.872. The Morgan fingerprint density at radius 1 is 1.06 bits per heavy atom. The smallest absolute Gasteiger partial charge is 0.193 e. The van der Waals surface area contributed by atoms with Gasteiger partial charge in [0.15, 0.2) is 5.78 Å². The van der Waals surface area contributed by atoms with Crippen LogP contribution in [0.25, 0.3) is 0 Å². The van der Waals surface area contributed by atoms with E-state index in [4.69, 9.17) is 23.2 Å². The molecule has 0 bridgehead atoms. The van der Waals surface area contributed by atoms with E-state index in [1.54, 1.807) is 24.3 Å². The Hall–Kier alpha value is -0.830. The lowest BCUT2D eigenvalue weighted by atomic mass is 9.99. The van der Waals surface area contributed by atoms with Crippen molar-refractivity contribution < 1.29 is 4.79 Å². The van der Waals surface area contributed by atoms with Gasteiger partial charge in [-0.05, 0) is 42.8 Å². The minimum atomic E-state index is -0.0626. The summed E-state index contributed by atoms with van der Waals surface area (Å²) in [5, 5.41) is 0.828. The van der Waals surface area contributed by atoms with Crippen molar-refractivity contribution in [2.45, 2.75) is 6.92 Å². The van der Waals surface area contributed by atoms with Crippen LogP contribution in [-0.2, 0) is 0 Å². The average Bonchev–Trinajstić information content (AvgIpc) is 2.35. The molecular formula is C14H9BrCl2O. The van der Waals surface area contributed by atoms with Crippen LogP contribution in [0, 0.1) is 6.92 Å². The van der Waals surface area contributed by atoms with Gasteiger partial charge in [0.2, 0.25) is 0 Å². The summed E-state index contributed by atoms with van der Waals surface area (Å²) in [5.41, 5.74) is 2.11. The highest BCUT2D eigenvalue weighted by molar-refractivity contribution is 9.10. The summed E-state index contributed by atoms with van der Waals surface area (Å²) >= 11 is 15.1. The normalized spacial score (nSPS) is 10.4. The van der Waals surface area contributed by atoms with Gasteiger partial charge in [0, 0.05) is 15.6 Å². The van der Waals surface area contributed by atoms with Crippen LogP contribution in [0.1, 0.15) is 21.5 Å². The second-order valence-electron chi connectivity index (χ2n) is 3.92. The number of aryl methyl sites for hydroxylation is 1. The fraction of sp³-hybridized carbons (Fsp3) is 0.0714. The maximum absolute atomic E-state index is 12.4. The Balaban J connectivity index is 2.47. The Kier molecular flexibility index (Phi) is 4.10. The third-order valence-corrected chi connectivity index (χ3v) is 3.86. The minimum Gasteiger partial charge on any atom is -0.289 e. The van der Waals surface area contributed by atoms with E-state index < -0.39 is 0 Å². The Morgan fingerprint density at radius 3 is 2.44 bits per heavy atom. The quantitative estimate of drug-likeness (QED) is 0.676. The molecule has 0 saturated carbocycles. The zero-order valence-corrected chi connectivity index (χ0v) is 12.6. The van der Waals surface area contributed by atoms with E-state index in [1.807, 2.05) is 19.1 Å². The van der Waals surface area contributed by atoms with Crippen LogP contribution in [0.4, 0.5) is 0 Å². The maximum Gasteiger partial charge on any atom is 0.193 e. The van der Waals surface area contributed by atoms with Gasteiger partial charge in [0.1, 0.15) is 0 Å². The third-order valence-electron chi connectivity index (χ3n) is 2.63. The Morgan fingerprint density at radius 2 is 1.78 bits per heavy atom. The number of carbonyl (C=O) groups excluding carboxylic acids is 1. The fourth-order valence-corrected chi connectivity index (χ4v) is 2.29. The standard InChI is InChI=1S/C14H9BrCl2O/c1-8-2-4-10(15)7-11(8)14(18)9-3-5-12(16)13(17)6-9/h2-7H,1H3. The van der Waals surface area contributed by atoms with Gasteiger partial charge < -0.3 is 0 Å². The Bertz CT molecular complexity index is 623. The van der Waals surface area contributed by atoms with E-state index in [0.29, 0.717) is 21.2 Å². The average molecular weight is 344 g/mol. The van der Waals surface area contributed by atoms with Gasteiger partial charge in [-0.25, -0.2) is 0 Å². The molecule has 4 heteroatoms. The lowest BCUT2D eigenvalue weighted by Crippen LogP contribution is -2.03. The summed E-state index contributed by atoms with van der Waals surface area (Å²) in [7, 11) is 0. The molecule has 1 nitrogen and oxygen atoms in total. The van der Waals surface area contributed by atoms with Gasteiger partial charge in [-0.3, -0.25) is 4.79 Å². The number of hydrogen-bond donors (Lipinski definition) is 0. The molecule has 0 aliphatic carbocycles. The molecule has 0 unspecified atom stereocenters. The van der Waals surface area contributed by atoms with Crippen LogP contribution in [0.3, 0.4) is 0 Å². The van der Waals surface area contributed by atoms with Gasteiger partial charge in [-0.2, -0.15) is 0 Å². The van der Waals surface area contributed by atoms with Crippen molar-refractivity contribution in [3.63, 3.8) is 0 Å². The second kappa shape index (κ2) is 5.43. The van der Waals surface area contributed by atoms with Crippen LogP contribution in [0.15, 0.2) is 40.9 Å². The molecule has 18 heavy (non-hydrogen) atoms. The molecule has 0 heterocycles. The van der Waals surface area contributed by atoms with Crippen molar-refractivity contribution in [1.29, 1.82) is 0 Å². The SMILES string of the molecule is Cc1ccc(Br)cc1C(=O)c1ccc(Cl)c(Cl)c1. The first-order chi connectivity index (χ1) is 8.49. The zero-order valence-electron chi connectivity index (χ0n) is 9.51. The largest absolute Gasteiger partial charge is 0.289 e. The minimum absolute atomic E-state index is 0.0626. The number of ketones is 1. The third kappa shape index (κ3) is 2.77. The van der Waals surface area contributed by atoms with Gasteiger partial charge in [-0.1, -0.05) is 45.2 Å². The van der Waals surface area contributed by atoms with Crippen molar-refractivity contribution in [3.05, 3.63) is 67.6 Å². The summed E-state index contributed by atoms with van der Waals surface area (Å²) in [6, 6.07) is 10.5. The molecule has 92 valence electrons. The molecule has 0 saturated heterocycles. The van der Waals surface area contributed by atoms with E-state index in [0.717, 1.165) is 10.0 Å². The monoisotopic (exact) mass is 342 g/mol. The predicted molar refractivity (Wildman–Crippen MR) is 78.8 cm³/mol. The Labute approximate surface area is 124 Å². The van der Waals surface area contributed by atoms with Gasteiger partial charge >= 0.3 is 0 Å². The van der Waals surface area contributed by atoms with Gasteiger partial charge in [0.05, 0.1) is 10.0 Å². The van der Waals surface area contributed by atoms with E-state index in [1.165, 1.54) is 0 Å². The topological polar surface area (TPSA) is 17.1 Å². The highest BCUT2D eigenvalue weighted by atomic mass is 79.9. The summed E-state index contributed by atoms with van der Waals surface area (Å²) in [5.74, 6) is -0.0626. The highest BCUT2D eigenvalue weighted by Crippen LogP contribution is 2.25. The number of halogens is 3. The van der Waals surface area contributed by atoms with Crippen LogP contribution in [0.2, 0.25) is 10.0 Å². The number of hydrogen-bond acceptors (Lipinski definition) is 1. The summed E-state index contributed by atoms with van der Waals surface area (Å²) in [4.78, 5) is 12.4. The first-order valence-corrected chi connectivity index (χ1v) is 6.80. The van der Waals surface area contributed by atoms with Crippen molar-refractivity contribution in [2.75, 3.05) is 0 Å². The van der Waals surface area contributed by atoms with Crippen molar-refractivity contribution >= 4 is 44.9 Å². The van der Waals surface area contributed by atoms with E-state index >= 15 is 0 Å². The van der Waals surface area contributed by atoms with E-state index in [2.05, 4.69) is 15.9 Å². The first kappa shape index (κ1) is 13.6. The second-order valence-corrected chi connectivity index (χ2v) is 5.65. The maximum atomic E-state index is 12.4. The molecular weight excluding hydrogens is 335 g/mol. The van der Waals surface area contributed by atoms with Gasteiger partial charge in [-0.15, -0.1) is 0 Å². The van der Waals surface area contributed by atoms with Crippen molar-refractivity contribution in [3.8, 4) is 0 Å². The number of carbonyl (C=O) groups is 1. The van der Waals surface area contributed by atoms with Gasteiger partial charge in [0.25, 0.3) is 0 Å². The fourth-order valence-electron chi connectivity index (χ4n) is 1.63. The lowest BCUT2D eigenvalue weighted by molar-refractivity contribution is 0.103. The molecule has 0 fully saturated rings. The summed E-state index contributed by atoms with van der Waals surface area (Å²) in [6.07, 6.45) is 0. The molecule has 0 amide bonds. The van der Waals surface area contributed by atoms with E-state index in [9.17, 15) is 4.79 Å². The first-order valence-electron chi connectivity index (χ1n) is 5.25. The van der Waals surface area contributed by atoms with Crippen LogP contribution < -0.4 is 0 Å². The van der Waals surface area contributed by atoms with Crippen molar-refractivity contribution in [2.24, 2.45) is 0 Å². The van der Waals surface area contributed by atoms with Crippen LogP contribution in [-0.4, -0.2) is 5.78 Å². The predicted octanol–water partition coefficient (Wildman–Crippen LogP) is 5.30. The highest BCUT2D eigenvalue weighted by Gasteiger charge is 2.13. The molecule has 0 N–H and O–H groups in total. The molecule has 2 rings (SSSR count). The molecule has 0 aromatic heterocycles. The molecule has 0 radical (unpaired) electrons. The van der Waals surface area contributed by atoms with Crippen LogP contribution >= 0.6 is 39.1 Å². The summed E-state index contributed by atoms with van der Waals surface area (Å²) in [6.45, 7) is 1.90.